The molecule has 2 aromatic heterocycles. The summed E-state index contributed by atoms with van der Waals surface area (Å²) in [5.74, 6) is 0. The van der Waals surface area contributed by atoms with Crippen LogP contribution in [-0.4, -0.2) is 14.8 Å². The third-order valence-corrected chi connectivity index (χ3v) is 3.56. The summed E-state index contributed by atoms with van der Waals surface area (Å²) in [4.78, 5) is 16.8. The maximum absolute atomic E-state index is 12.5. The highest BCUT2D eigenvalue weighted by atomic mass is 16.1. The van der Waals surface area contributed by atoms with E-state index in [1.54, 1.807) is 12.3 Å². The molecule has 5 nitrogen and oxygen atoms in total. The van der Waals surface area contributed by atoms with Gasteiger partial charge in [-0.1, -0.05) is 18.2 Å². The summed E-state index contributed by atoms with van der Waals surface area (Å²) in [5, 5.41) is 4.56. The third kappa shape index (κ3) is 1.71. The van der Waals surface area contributed by atoms with Crippen molar-refractivity contribution in [3.8, 4) is 5.69 Å². The molecular formula is C16H12N4O. The van der Waals surface area contributed by atoms with E-state index in [1.807, 2.05) is 42.5 Å². The molecule has 2 aromatic carbocycles. The molecule has 0 aliphatic carbocycles. The van der Waals surface area contributed by atoms with Crippen molar-refractivity contribution in [2.45, 2.75) is 0 Å². The molecule has 0 saturated heterocycles. The molecule has 0 amide bonds. The lowest BCUT2D eigenvalue weighted by Crippen LogP contribution is -2.13. The molecule has 0 aliphatic rings. The number of nitrogen functional groups attached to an aromatic ring is 1. The highest BCUT2D eigenvalue weighted by Crippen LogP contribution is 2.22. The van der Waals surface area contributed by atoms with E-state index in [1.165, 1.54) is 4.68 Å². The Kier molecular flexibility index (Phi) is 2.35. The summed E-state index contributed by atoms with van der Waals surface area (Å²) in [7, 11) is 0. The Morgan fingerprint density at radius 3 is 2.67 bits per heavy atom. The number of para-hydroxylation sites is 1. The van der Waals surface area contributed by atoms with Crippen LogP contribution in [0.15, 0.2) is 59.5 Å². The van der Waals surface area contributed by atoms with Crippen LogP contribution in [0.2, 0.25) is 0 Å². The van der Waals surface area contributed by atoms with Gasteiger partial charge in [-0.05, 0) is 30.3 Å². The SMILES string of the molecule is Nc1ccc2ncc3c(=O)n(-c4ccccc4)[nH]c3c2c1. The number of pyridine rings is 1. The molecule has 0 saturated carbocycles. The minimum atomic E-state index is -0.118. The van der Waals surface area contributed by atoms with E-state index in [0.717, 1.165) is 22.1 Å². The lowest BCUT2D eigenvalue weighted by Gasteiger charge is -2.01. The van der Waals surface area contributed by atoms with Crippen molar-refractivity contribution in [1.82, 2.24) is 14.8 Å². The molecule has 102 valence electrons. The Morgan fingerprint density at radius 2 is 1.86 bits per heavy atom. The molecule has 0 spiro atoms. The van der Waals surface area contributed by atoms with Crippen LogP contribution in [0.3, 0.4) is 0 Å². The highest BCUT2D eigenvalue weighted by molar-refractivity contribution is 6.03. The van der Waals surface area contributed by atoms with Gasteiger partial charge in [0, 0.05) is 17.3 Å². The van der Waals surface area contributed by atoms with E-state index in [-0.39, 0.29) is 5.56 Å². The van der Waals surface area contributed by atoms with Gasteiger partial charge in [-0.2, -0.15) is 0 Å². The molecule has 2 heterocycles. The predicted molar refractivity (Wildman–Crippen MR) is 83.6 cm³/mol. The van der Waals surface area contributed by atoms with Gasteiger partial charge < -0.3 is 5.73 Å². The Bertz CT molecular complexity index is 1010. The molecule has 4 aromatic rings. The Morgan fingerprint density at radius 1 is 1.05 bits per heavy atom. The first kappa shape index (κ1) is 11.7. The number of H-pyrrole nitrogens is 1. The number of nitrogens with zero attached hydrogens (tertiary/aromatic N) is 2. The van der Waals surface area contributed by atoms with Gasteiger partial charge in [-0.25, -0.2) is 4.68 Å². The topological polar surface area (TPSA) is 76.7 Å². The Labute approximate surface area is 119 Å². The summed E-state index contributed by atoms with van der Waals surface area (Å²) in [6, 6.07) is 14.9. The van der Waals surface area contributed by atoms with Crippen LogP contribution in [0.1, 0.15) is 0 Å². The van der Waals surface area contributed by atoms with Gasteiger partial charge in [0.2, 0.25) is 0 Å². The van der Waals surface area contributed by atoms with Gasteiger partial charge in [0.15, 0.2) is 0 Å². The molecule has 5 heteroatoms. The minimum Gasteiger partial charge on any atom is -0.399 e. The van der Waals surface area contributed by atoms with Crippen molar-refractivity contribution in [3.05, 3.63) is 65.1 Å². The smallest absolute Gasteiger partial charge is 0.280 e. The van der Waals surface area contributed by atoms with E-state index in [0.29, 0.717) is 11.1 Å². The number of nitrogens with two attached hydrogens (primary N) is 1. The van der Waals surface area contributed by atoms with Gasteiger partial charge in [0.25, 0.3) is 5.56 Å². The van der Waals surface area contributed by atoms with Gasteiger partial charge in [-0.15, -0.1) is 0 Å². The van der Waals surface area contributed by atoms with Crippen LogP contribution in [0.5, 0.6) is 0 Å². The molecule has 3 N–H and O–H groups in total. The van der Waals surface area contributed by atoms with E-state index in [2.05, 4.69) is 10.1 Å². The highest BCUT2D eigenvalue weighted by Gasteiger charge is 2.11. The molecule has 0 unspecified atom stereocenters. The number of hydrogen-bond acceptors (Lipinski definition) is 3. The summed E-state index contributed by atoms with van der Waals surface area (Å²) in [6.07, 6.45) is 1.60. The average molecular weight is 276 g/mol. The van der Waals surface area contributed by atoms with Crippen LogP contribution in [0.25, 0.3) is 27.5 Å². The van der Waals surface area contributed by atoms with Crippen LogP contribution < -0.4 is 11.3 Å². The lowest BCUT2D eigenvalue weighted by atomic mass is 10.1. The number of anilines is 1. The second-order valence-electron chi connectivity index (χ2n) is 4.91. The number of benzene rings is 2. The third-order valence-electron chi connectivity index (χ3n) is 3.56. The largest absolute Gasteiger partial charge is 0.399 e. The molecule has 0 atom stereocenters. The Hall–Kier alpha value is -3.08. The van der Waals surface area contributed by atoms with Gasteiger partial charge in [0.05, 0.1) is 22.1 Å². The van der Waals surface area contributed by atoms with Crippen molar-refractivity contribution in [1.29, 1.82) is 0 Å². The second kappa shape index (κ2) is 4.21. The standard InChI is InChI=1S/C16H12N4O/c17-10-6-7-14-12(8-10)15-13(9-18-14)16(21)20(19-15)11-4-2-1-3-5-11/h1-9,19H,17H2. The summed E-state index contributed by atoms with van der Waals surface area (Å²) in [5.41, 5.74) is 8.71. The van der Waals surface area contributed by atoms with Gasteiger partial charge in [0.1, 0.15) is 0 Å². The van der Waals surface area contributed by atoms with E-state index < -0.39 is 0 Å². The molecular weight excluding hydrogens is 264 g/mol. The van der Waals surface area contributed by atoms with E-state index in [9.17, 15) is 4.79 Å². The summed E-state index contributed by atoms with van der Waals surface area (Å²) >= 11 is 0. The number of aromatic nitrogens is 3. The predicted octanol–water partition coefficient (Wildman–Crippen LogP) is 2.45. The second-order valence-corrected chi connectivity index (χ2v) is 4.91. The van der Waals surface area contributed by atoms with Crippen LogP contribution in [0, 0.1) is 0 Å². The number of hydrogen-bond donors (Lipinski definition) is 2. The zero-order valence-corrected chi connectivity index (χ0v) is 11.1. The van der Waals surface area contributed by atoms with Crippen LogP contribution in [0.4, 0.5) is 5.69 Å². The first-order valence-corrected chi connectivity index (χ1v) is 6.58. The number of aromatic amines is 1. The zero-order chi connectivity index (χ0) is 14.4. The van der Waals surface area contributed by atoms with Crippen molar-refractivity contribution >= 4 is 27.5 Å². The first-order valence-electron chi connectivity index (χ1n) is 6.58. The average Bonchev–Trinajstić information content (AvgIpc) is 2.86. The fraction of sp³-hybridized carbons (Fsp3) is 0. The fourth-order valence-electron chi connectivity index (χ4n) is 2.53. The maximum atomic E-state index is 12.5. The Balaban J connectivity index is 2.13. The number of fused-ring (bicyclic) bond motifs is 3. The summed E-state index contributed by atoms with van der Waals surface area (Å²) in [6.45, 7) is 0. The fourth-order valence-corrected chi connectivity index (χ4v) is 2.53. The van der Waals surface area contributed by atoms with Crippen molar-refractivity contribution < 1.29 is 0 Å². The lowest BCUT2D eigenvalue weighted by molar-refractivity contribution is 0.864. The molecule has 0 bridgehead atoms. The number of rotatable bonds is 1. The number of nitrogens with one attached hydrogen (secondary N) is 1. The van der Waals surface area contributed by atoms with Crippen molar-refractivity contribution in [2.75, 3.05) is 5.73 Å². The first-order chi connectivity index (χ1) is 10.2. The monoisotopic (exact) mass is 276 g/mol. The quantitative estimate of drug-likeness (QED) is 0.524. The van der Waals surface area contributed by atoms with Crippen LogP contribution in [-0.2, 0) is 0 Å². The van der Waals surface area contributed by atoms with Crippen molar-refractivity contribution in [2.24, 2.45) is 0 Å². The summed E-state index contributed by atoms with van der Waals surface area (Å²) < 4.78 is 1.52. The zero-order valence-electron chi connectivity index (χ0n) is 11.1. The van der Waals surface area contributed by atoms with E-state index in [4.69, 9.17) is 5.73 Å². The minimum absolute atomic E-state index is 0.118. The molecule has 0 radical (unpaired) electrons. The van der Waals surface area contributed by atoms with Gasteiger partial charge >= 0.3 is 0 Å². The molecule has 4 rings (SSSR count). The normalized spacial score (nSPS) is 11.2. The molecule has 21 heavy (non-hydrogen) atoms. The van der Waals surface area contributed by atoms with Crippen LogP contribution >= 0.6 is 0 Å². The molecule has 0 aliphatic heterocycles. The molecule has 0 fully saturated rings. The van der Waals surface area contributed by atoms with E-state index >= 15 is 0 Å². The van der Waals surface area contributed by atoms with Gasteiger partial charge in [-0.3, -0.25) is 14.9 Å². The maximum Gasteiger partial charge on any atom is 0.280 e. The van der Waals surface area contributed by atoms with Crippen molar-refractivity contribution in [3.63, 3.8) is 0 Å².